The van der Waals surface area contributed by atoms with Crippen molar-refractivity contribution in [1.82, 2.24) is 0 Å². The molecule has 1 aromatic rings. The molecular weight excluding hydrogens is 258 g/mol. The van der Waals surface area contributed by atoms with Crippen molar-refractivity contribution in [3.63, 3.8) is 0 Å². The molecule has 0 radical (unpaired) electrons. The summed E-state index contributed by atoms with van der Waals surface area (Å²) in [6, 6.07) is 3.06. The van der Waals surface area contributed by atoms with E-state index < -0.39 is 16.9 Å². The molecule has 4 heteroatoms. The molecule has 0 unspecified atom stereocenters. The highest BCUT2D eigenvalue weighted by Gasteiger charge is 2.13. The molecular formula is C14H15ClF2O. The highest BCUT2D eigenvalue weighted by molar-refractivity contribution is 6.63. The Hall–Kier alpha value is -1.22. The molecule has 98 valence electrons. The van der Waals surface area contributed by atoms with Crippen LogP contribution in [0.1, 0.15) is 43.4 Å². The van der Waals surface area contributed by atoms with Gasteiger partial charge in [0.05, 0.1) is 5.83 Å². The molecule has 0 saturated heterocycles. The van der Waals surface area contributed by atoms with Gasteiger partial charge in [0.15, 0.2) is 0 Å². The van der Waals surface area contributed by atoms with E-state index in [1.54, 1.807) is 6.07 Å². The summed E-state index contributed by atoms with van der Waals surface area (Å²) >= 11 is 5.33. The third kappa shape index (κ3) is 3.91. The van der Waals surface area contributed by atoms with Gasteiger partial charge in [-0.05, 0) is 47.7 Å². The maximum Gasteiger partial charge on any atom is 0.226 e. The van der Waals surface area contributed by atoms with Crippen LogP contribution in [0.15, 0.2) is 18.0 Å². The molecule has 18 heavy (non-hydrogen) atoms. The Balaban J connectivity index is 3.39. The van der Waals surface area contributed by atoms with Gasteiger partial charge >= 0.3 is 0 Å². The van der Waals surface area contributed by atoms with Gasteiger partial charge in [-0.3, -0.25) is 4.79 Å². The molecule has 0 saturated carbocycles. The van der Waals surface area contributed by atoms with Gasteiger partial charge in [0, 0.05) is 12.0 Å². The Labute approximate surface area is 110 Å². The molecule has 0 aromatic heterocycles. The van der Waals surface area contributed by atoms with Gasteiger partial charge in [-0.1, -0.05) is 19.9 Å². The normalized spacial score (nSPS) is 12.1. The Morgan fingerprint density at radius 2 is 2.06 bits per heavy atom. The third-order valence-corrected chi connectivity index (χ3v) is 2.71. The number of allylic oxidation sites excluding steroid dienone is 1. The van der Waals surface area contributed by atoms with Crippen molar-refractivity contribution in [2.24, 2.45) is 0 Å². The molecule has 0 atom stereocenters. The van der Waals surface area contributed by atoms with Crippen LogP contribution >= 0.6 is 11.6 Å². The van der Waals surface area contributed by atoms with Crippen molar-refractivity contribution in [1.29, 1.82) is 0 Å². The van der Waals surface area contributed by atoms with Gasteiger partial charge < -0.3 is 0 Å². The van der Waals surface area contributed by atoms with Crippen LogP contribution < -0.4 is 0 Å². The van der Waals surface area contributed by atoms with Gasteiger partial charge in [0.1, 0.15) is 5.82 Å². The average molecular weight is 273 g/mol. The van der Waals surface area contributed by atoms with Crippen molar-refractivity contribution in [3.8, 4) is 0 Å². The number of carbonyl (C=O) groups excluding carboxylic acids is 1. The van der Waals surface area contributed by atoms with E-state index in [0.717, 1.165) is 11.6 Å². The number of hydrogen-bond acceptors (Lipinski definition) is 1. The predicted octanol–water partition coefficient (Wildman–Crippen LogP) is 4.59. The largest absolute Gasteiger partial charge is 0.281 e. The molecule has 0 heterocycles. The van der Waals surface area contributed by atoms with E-state index in [1.807, 2.05) is 13.8 Å². The van der Waals surface area contributed by atoms with E-state index >= 15 is 0 Å². The fraction of sp³-hybridized carbons (Fsp3) is 0.357. The Morgan fingerprint density at radius 1 is 1.44 bits per heavy atom. The maximum absolute atomic E-state index is 13.9. The van der Waals surface area contributed by atoms with Crippen molar-refractivity contribution < 1.29 is 13.6 Å². The summed E-state index contributed by atoms with van der Waals surface area (Å²) in [6.07, 6.45) is 0.965. The number of rotatable bonds is 4. The molecule has 0 aliphatic heterocycles. The minimum Gasteiger partial charge on any atom is -0.281 e. The van der Waals surface area contributed by atoms with E-state index in [-0.39, 0.29) is 17.9 Å². The summed E-state index contributed by atoms with van der Waals surface area (Å²) in [5, 5.41) is -0.596. The molecule has 1 rings (SSSR count). The van der Waals surface area contributed by atoms with E-state index in [0.29, 0.717) is 5.56 Å². The lowest BCUT2D eigenvalue weighted by Gasteiger charge is -2.12. The van der Waals surface area contributed by atoms with Crippen LogP contribution in [0.5, 0.6) is 0 Å². The van der Waals surface area contributed by atoms with Gasteiger partial charge in [-0.25, -0.2) is 8.78 Å². The topological polar surface area (TPSA) is 17.1 Å². The molecule has 0 amide bonds. The number of halogens is 3. The smallest absolute Gasteiger partial charge is 0.226 e. The molecule has 0 aliphatic carbocycles. The second-order valence-corrected chi connectivity index (χ2v) is 4.91. The Kier molecular flexibility index (Phi) is 5.03. The van der Waals surface area contributed by atoms with Crippen LogP contribution in [-0.2, 0) is 11.2 Å². The van der Waals surface area contributed by atoms with Crippen LogP contribution in [-0.4, -0.2) is 5.24 Å². The molecule has 0 bridgehead atoms. The van der Waals surface area contributed by atoms with Gasteiger partial charge in [-0.15, -0.1) is 0 Å². The first kappa shape index (κ1) is 14.8. The lowest BCUT2D eigenvalue weighted by Crippen LogP contribution is -2.02. The molecule has 1 aromatic carbocycles. The lowest BCUT2D eigenvalue weighted by atomic mass is 9.95. The van der Waals surface area contributed by atoms with Crippen LogP contribution in [0.3, 0.4) is 0 Å². The highest BCUT2D eigenvalue weighted by atomic mass is 35.5. The average Bonchev–Trinajstić information content (AvgIpc) is 2.21. The van der Waals surface area contributed by atoms with Crippen LogP contribution in [0.25, 0.3) is 6.08 Å². The second-order valence-electron chi connectivity index (χ2n) is 4.49. The first-order valence-corrected chi connectivity index (χ1v) is 6.03. The first-order chi connectivity index (χ1) is 8.31. The molecule has 0 aliphatic rings. The minimum absolute atomic E-state index is 0.0911. The monoisotopic (exact) mass is 272 g/mol. The summed E-state index contributed by atoms with van der Waals surface area (Å²) in [6.45, 7) is 5.05. The summed E-state index contributed by atoms with van der Waals surface area (Å²) in [5.41, 5.74) is 1.26. The van der Waals surface area contributed by atoms with Crippen molar-refractivity contribution in [3.05, 3.63) is 40.5 Å². The van der Waals surface area contributed by atoms with Crippen LogP contribution in [0.2, 0.25) is 0 Å². The maximum atomic E-state index is 13.9. The van der Waals surface area contributed by atoms with E-state index in [9.17, 15) is 13.6 Å². The molecule has 0 fully saturated rings. The first-order valence-electron chi connectivity index (χ1n) is 5.65. The van der Waals surface area contributed by atoms with E-state index in [4.69, 9.17) is 11.6 Å². The quantitative estimate of drug-likeness (QED) is 0.733. The van der Waals surface area contributed by atoms with E-state index in [2.05, 4.69) is 0 Å². The zero-order valence-corrected chi connectivity index (χ0v) is 11.3. The summed E-state index contributed by atoms with van der Waals surface area (Å²) < 4.78 is 26.8. The summed E-state index contributed by atoms with van der Waals surface area (Å²) in [5.74, 6) is -0.936. The molecule has 1 nitrogen and oxygen atoms in total. The molecule has 0 spiro atoms. The highest BCUT2D eigenvalue weighted by Crippen LogP contribution is 2.25. The lowest BCUT2D eigenvalue weighted by molar-refractivity contribution is -0.111. The summed E-state index contributed by atoms with van der Waals surface area (Å²) in [4.78, 5) is 11.0. The SMILES string of the molecule is C/C(F)=C/c1c(F)cc(C(C)C)cc1CC(=O)Cl. The van der Waals surface area contributed by atoms with Gasteiger partial charge in [-0.2, -0.15) is 0 Å². The van der Waals surface area contributed by atoms with Crippen LogP contribution in [0.4, 0.5) is 8.78 Å². The fourth-order valence-electron chi connectivity index (χ4n) is 1.69. The zero-order chi connectivity index (χ0) is 13.9. The van der Waals surface area contributed by atoms with Gasteiger partial charge in [0.2, 0.25) is 5.24 Å². The van der Waals surface area contributed by atoms with Crippen molar-refractivity contribution in [2.75, 3.05) is 0 Å². The number of hydrogen-bond donors (Lipinski definition) is 0. The van der Waals surface area contributed by atoms with Crippen LogP contribution in [0, 0.1) is 5.82 Å². The summed E-state index contributed by atoms with van der Waals surface area (Å²) in [7, 11) is 0. The second kappa shape index (κ2) is 6.10. The van der Waals surface area contributed by atoms with Crippen molar-refractivity contribution >= 4 is 22.9 Å². The molecule has 0 N–H and O–H groups in total. The standard InChI is InChI=1S/C14H15ClF2O/c1-8(2)10-5-11(7-14(15)18)12(4-9(3)16)13(17)6-10/h4-6,8H,7H2,1-3H3/b9-4-. The van der Waals surface area contributed by atoms with Gasteiger partial charge in [0.25, 0.3) is 0 Å². The van der Waals surface area contributed by atoms with E-state index in [1.165, 1.54) is 13.0 Å². The zero-order valence-electron chi connectivity index (χ0n) is 10.6. The third-order valence-electron chi connectivity index (χ3n) is 2.58. The minimum atomic E-state index is -0.596. The number of benzene rings is 1. The predicted molar refractivity (Wildman–Crippen MR) is 69.8 cm³/mol. The Morgan fingerprint density at radius 3 is 2.50 bits per heavy atom. The van der Waals surface area contributed by atoms with Crippen molar-refractivity contribution in [2.45, 2.75) is 33.1 Å². The fourth-order valence-corrected chi connectivity index (χ4v) is 1.83. The Bertz CT molecular complexity index is 489. The number of carbonyl (C=O) groups is 1.